The highest BCUT2D eigenvalue weighted by Crippen LogP contribution is 2.66. The first-order valence-electron chi connectivity index (χ1n) is 7.78. The zero-order chi connectivity index (χ0) is 23.8. The van der Waals surface area contributed by atoms with Crippen LogP contribution in [0.25, 0.3) is 0 Å². The van der Waals surface area contributed by atoms with Crippen LogP contribution in [0.5, 0.6) is 5.75 Å². The van der Waals surface area contributed by atoms with Crippen molar-refractivity contribution in [2.24, 2.45) is 0 Å². The third-order valence-corrected chi connectivity index (χ3v) is 7.40. The highest BCUT2D eigenvalue weighted by molar-refractivity contribution is 7.66. The summed E-state index contributed by atoms with van der Waals surface area (Å²) in [6.07, 6.45) is -5.70. The molecule has 2 heterocycles. The second-order valence-corrected chi connectivity index (χ2v) is 10.2. The van der Waals surface area contributed by atoms with Gasteiger partial charge in [-0.05, 0) is 0 Å². The molecule has 8 N–H and O–H groups in total. The van der Waals surface area contributed by atoms with Crippen LogP contribution in [-0.2, 0) is 31.6 Å². The van der Waals surface area contributed by atoms with Gasteiger partial charge in [-0.25, -0.2) is 18.5 Å². The van der Waals surface area contributed by atoms with Crippen LogP contribution in [0.4, 0.5) is 5.82 Å². The fourth-order valence-electron chi connectivity index (χ4n) is 2.37. The Bertz CT molecular complexity index is 1010. The van der Waals surface area contributed by atoms with Gasteiger partial charge in [-0.3, -0.25) is 9.09 Å². The van der Waals surface area contributed by atoms with Gasteiger partial charge in [0.2, 0.25) is 0 Å². The number of hydrogen-bond acceptors (Lipinski definition) is 13. The standard InChI is InChI=1S/C10H18N3O15P3/c1-24-4-2-13(10(16)12-8(4)11)9-7(15)6(14)5(26-9)3-25-30(20,21)28-31(22,23)27-29(17,18)19/h2,5-7,9,14-15H,3H2,1H3,(H,20,21)(H,22,23)(H2,11,12,16)(H2,17,18,19)/t5-,6+,7+,9-/m1/s1. The lowest BCUT2D eigenvalue weighted by Gasteiger charge is -2.19. The normalized spacial score (nSPS) is 28.1. The molecule has 0 amide bonds. The molecular formula is C10H18N3O15P3. The quantitative estimate of drug-likeness (QED) is 0.172. The maximum atomic E-state index is 12.0. The van der Waals surface area contributed by atoms with Crippen LogP contribution in [0.3, 0.4) is 0 Å². The number of phosphoric acid groups is 3. The number of phosphoric ester groups is 1. The van der Waals surface area contributed by atoms with Crippen LogP contribution in [0.15, 0.2) is 11.0 Å². The predicted octanol–water partition coefficient (Wildman–Crippen LogP) is -2.20. The summed E-state index contributed by atoms with van der Waals surface area (Å²) < 4.78 is 55.8. The Morgan fingerprint density at radius 3 is 2.29 bits per heavy atom. The van der Waals surface area contributed by atoms with E-state index in [4.69, 9.17) is 29.9 Å². The van der Waals surface area contributed by atoms with E-state index in [1.54, 1.807) is 0 Å². The Hall–Kier alpha value is -1.23. The van der Waals surface area contributed by atoms with Crippen LogP contribution >= 0.6 is 23.5 Å². The summed E-state index contributed by atoms with van der Waals surface area (Å²) in [5.41, 5.74) is 4.48. The highest BCUT2D eigenvalue weighted by Gasteiger charge is 2.47. The molecule has 0 radical (unpaired) electrons. The lowest BCUT2D eigenvalue weighted by Crippen LogP contribution is -2.36. The molecule has 1 saturated heterocycles. The summed E-state index contributed by atoms with van der Waals surface area (Å²) in [5, 5.41) is 20.2. The Kier molecular flexibility index (Phi) is 7.83. The molecule has 1 aromatic rings. The molecule has 2 unspecified atom stereocenters. The number of aromatic nitrogens is 2. The van der Waals surface area contributed by atoms with Crippen molar-refractivity contribution in [3.05, 3.63) is 16.7 Å². The van der Waals surface area contributed by atoms with Gasteiger partial charge in [-0.15, -0.1) is 0 Å². The number of nitrogens with zero attached hydrogens (tertiary/aromatic N) is 2. The third kappa shape index (κ3) is 6.87. The van der Waals surface area contributed by atoms with Gasteiger partial charge >= 0.3 is 29.2 Å². The molecule has 0 saturated carbocycles. The number of hydrogen-bond donors (Lipinski definition) is 7. The minimum Gasteiger partial charge on any atom is -0.491 e. The van der Waals surface area contributed by atoms with Gasteiger partial charge in [0.15, 0.2) is 17.8 Å². The number of methoxy groups -OCH3 is 1. The summed E-state index contributed by atoms with van der Waals surface area (Å²) in [6.45, 7) is -1.05. The van der Waals surface area contributed by atoms with Crippen molar-refractivity contribution < 1.29 is 66.1 Å². The van der Waals surface area contributed by atoms with Crippen LogP contribution in [0.2, 0.25) is 0 Å². The molecule has 1 fully saturated rings. The minimum absolute atomic E-state index is 0.0680. The third-order valence-electron chi connectivity index (χ3n) is 3.59. The molecule has 2 rings (SSSR count). The molecule has 6 atom stereocenters. The van der Waals surface area contributed by atoms with Crippen molar-refractivity contribution >= 4 is 29.3 Å². The van der Waals surface area contributed by atoms with Crippen LogP contribution in [0.1, 0.15) is 6.23 Å². The minimum atomic E-state index is -5.74. The van der Waals surface area contributed by atoms with Crippen molar-refractivity contribution in [2.45, 2.75) is 24.5 Å². The summed E-state index contributed by atoms with van der Waals surface area (Å²) in [6, 6.07) is 0. The van der Waals surface area contributed by atoms with E-state index in [9.17, 15) is 33.6 Å². The largest absolute Gasteiger partial charge is 0.491 e. The number of nitrogen functional groups attached to an aromatic ring is 1. The topological polar surface area (TPSA) is 280 Å². The molecule has 18 nitrogen and oxygen atoms in total. The summed E-state index contributed by atoms with van der Waals surface area (Å²) in [7, 11) is -15.6. The van der Waals surface area contributed by atoms with Gasteiger partial charge in [0.05, 0.1) is 19.9 Å². The average Bonchev–Trinajstić information content (AvgIpc) is 2.85. The highest BCUT2D eigenvalue weighted by atomic mass is 31.3. The van der Waals surface area contributed by atoms with Gasteiger partial charge in [0, 0.05) is 0 Å². The zero-order valence-corrected chi connectivity index (χ0v) is 17.9. The Morgan fingerprint density at radius 2 is 1.74 bits per heavy atom. The number of aliphatic hydroxyl groups is 2. The first kappa shape index (κ1) is 26.0. The summed E-state index contributed by atoms with van der Waals surface area (Å²) >= 11 is 0. The van der Waals surface area contributed by atoms with E-state index < -0.39 is 60.3 Å². The molecule has 1 aromatic heterocycles. The number of anilines is 1. The van der Waals surface area contributed by atoms with Crippen LogP contribution < -0.4 is 16.2 Å². The number of rotatable bonds is 9. The van der Waals surface area contributed by atoms with E-state index in [1.807, 2.05) is 0 Å². The lowest BCUT2D eigenvalue weighted by atomic mass is 10.1. The van der Waals surface area contributed by atoms with E-state index in [0.29, 0.717) is 4.57 Å². The van der Waals surface area contributed by atoms with E-state index in [2.05, 4.69) is 18.1 Å². The second kappa shape index (κ2) is 9.33. The Balaban J connectivity index is 2.11. The summed E-state index contributed by atoms with van der Waals surface area (Å²) in [5.74, 6) is -0.331. The fourth-order valence-corrected chi connectivity index (χ4v) is 5.40. The van der Waals surface area contributed by atoms with E-state index in [0.717, 1.165) is 6.20 Å². The molecule has 178 valence electrons. The molecular weight excluding hydrogens is 495 g/mol. The lowest BCUT2D eigenvalue weighted by molar-refractivity contribution is -0.0543. The maximum Gasteiger partial charge on any atom is 0.490 e. The molecule has 0 spiro atoms. The SMILES string of the molecule is COc1cn([C@@H]2O[C@H](COP(=O)(O)OP(=O)(O)OP(=O)(O)O)[C@H](O)[C@@H]2O)c(=O)nc1N. The fraction of sp³-hybridized carbons (Fsp3) is 0.600. The average molecular weight is 513 g/mol. The monoisotopic (exact) mass is 513 g/mol. The Labute approximate surface area is 172 Å². The molecule has 1 aliphatic heterocycles. The van der Waals surface area contributed by atoms with Crippen LogP contribution in [-0.4, -0.2) is 71.4 Å². The van der Waals surface area contributed by atoms with E-state index in [-0.39, 0.29) is 11.6 Å². The van der Waals surface area contributed by atoms with Gasteiger partial charge in [-0.1, -0.05) is 0 Å². The molecule has 0 aromatic carbocycles. The molecule has 31 heavy (non-hydrogen) atoms. The van der Waals surface area contributed by atoms with Crippen molar-refractivity contribution in [3.63, 3.8) is 0 Å². The predicted molar refractivity (Wildman–Crippen MR) is 95.2 cm³/mol. The first-order chi connectivity index (χ1) is 14.1. The molecule has 0 bridgehead atoms. The van der Waals surface area contributed by atoms with Gasteiger partial charge in [0.25, 0.3) is 0 Å². The number of aliphatic hydroxyl groups excluding tert-OH is 2. The van der Waals surface area contributed by atoms with E-state index in [1.165, 1.54) is 7.11 Å². The van der Waals surface area contributed by atoms with Crippen molar-refractivity contribution in [1.29, 1.82) is 0 Å². The number of ether oxygens (including phenoxy) is 2. The maximum absolute atomic E-state index is 12.0. The van der Waals surface area contributed by atoms with Crippen molar-refractivity contribution in [3.8, 4) is 5.75 Å². The second-order valence-electron chi connectivity index (χ2n) is 5.82. The number of nitrogens with two attached hydrogens (primary N) is 1. The molecule has 1 aliphatic rings. The first-order valence-corrected chi connectivity index (χ1v) is 12.3. The molecule has 21 heteroatoms. The van der Waals surface area contributed by atoms with Gasteiger partial charge < -0.3 is 45.0 Å². The van der Waals surface area contributed by atoms with Gasteiger partial charge in [-0.2, -0.15) is 13.6 Å². The smallest absolute Gasteiger partial charge is 0.490 e. The zero-order valence-electron chi connectivity index (χ0n) is 15.3. The van der Waals surface area contributed by atoms with Crippen LogP contribution in [0, 0.1) is 0 Å². The molecule has 0 aliphatic carbocycles. The van der Waals surface area contributed by atoms with E-state index >= 15 is 0 Å². The Morgan fingerprint density at radius 1 is 1.13 bits per heavy atom. The van der Waals surface area contributed by atoms with Crippen molar-refractivity contribution in [2.75, 3.05) is 19.5 Å². The summed E-state index contributed by atoms with van der Waals surface area (Å²) in [4.78, 5) is 50.9. The van der Waals surface area contributed by atoms with Gasteiger partial charge in [0.1, 0.15) is 18.3 Å². The van der Waals surface area contributed by atoms with Crippen molar-refractivity contribution in [1.82, 2.24) is 9.55 Å².